The smallest absolute Gasteiger partial charge is 0.324 e. The van der Waals surface area contributed by atoms with Crippen LogP contribution < -0.4 is 0 Å². The first-order valence-electron chi connectivity index (χ1n) is 6.34. The fourth-order valence-corrected chi connectivity index (χ4v) is 2.39. The lowest BCUT2D eigenvalue weighted by atomic mass is 9.71. The van der Waals surface area contributed by atoms with Gasteiger partial charge in [0.1, 0.15) is 0 Å². The zero-order valence-corrected chi connectivity index (χ0v) is 11.2. The molecule has 0 aromatic heterocycles. The summed E-state index contributed by atoms with van der Waals surface area (Å²) in [6.07, 6.45) is 0. The van der Waals surface area contributed by atoms with Crippen LogP contribution in [0.3, 0.4) is 0 Å². The fraction of sp³-hybridized carbons (Fsp3) is 0.176. The van der Waals surface area contributed by atoms with Crippen LogP contribution in [0.5, 0.6) is 0 Å². The van der Waals surface area contributed by atoms with E-state index in [0.717, 1.165) is 11.1 Å². The van der Waals surface area contributed by atoms with Crippen LogP contribution >= 0.6 is 0 Å². The Kier molecular flexibility index (Phi) is 3.86. The molecule has 0 spiro atoms. The van der Waals surface area contributed by atoms with E-state index in [-0.39, 0.29) is 0 Å². The van der Waals surface area contributed by atoms with Crippen molar-refractivity contribution in [2.24, 2.45) is 5.41 Å². The van der Waals surface area contributed by atoms with Crippen LogP contribution in [0.15, 0.2) is 60.7 Å². The molecule has 2 aromatic rings. The van der Waals surface area contributed by atoms with Gasteiger partial charge in [0.2, 0.25) is 0 Å². The summed E-state index contributed by atoms with van der Waals surface area (Å²) in [4.78, 5) is 11.6. The molecule has 1 atom stereocenters. The number of carboxylic acids is 1. The fourth-order valence-electron chi connectivity index (χ4n) is 2.39. The molecule has 0 saturated carbocycles. The lowest BCUT2D eigenvalue weighted by Gasteiger charge is -2.28. The normalized spacial score (nSPS) is 13.4. The maximum Gasteiger partial charge on any atom is 0.324 e. The van der Waals surface area contributed by atoms with Gasteiger partial charge in [-0.1, -0.05) is 60.7 Å². The van der Waals surface area contributed by atoms with Crippen molar-refractivity contribution in [1.82, 2.24) is 0 Å². The highest BCUT2D eigenvalue weighted by Gasteiger charge is 2.43. The summed E-state index contributed by atoms with van der Waals surface area (Å²) in [5.74, 6) is -1.62. The van der Waals surface area contributed by atoms with E-state index in [1.807, 2.05) is 66.7 Å². The monoisotopic (exact) mass is 265 g/mol. The summed E-state index contributed by atoms with van der Waals surface area (Å²) in [5, 5.41) is 18.9. The third-order valence-corrected chi connectivity index (χ3v) is 3.52. The van der Waals surface area contributed by atoms with Crippen molar-refractivity contribution in [3.63, 3.8) is 0 Å². The molecule has 0 fully saturated rings. The van der Waals surface area contributed by atoms with Gasteiger partial charge in [0.25, 0.3) is 0 Å². The number of carbonyl (C=O) groups is 1. The standard InChI is InChI=1S/C17H15NO2/c1-17(12-18,16(19)20)15(13-8-4-2-5-9-13)14-10-6-3-7-11-14/h2-11,15H,1H3,(H,19,20). The van der Waals surface area contributed by atoms with E-state index in [1.54, 1.807) is 0 Å². The largest absolute Gasteiger partial charge is 0.480 e. The Hall–Kier alpha value is -2.60. The second kappa shape index (κ2) is 5.58. The SMILES string of the molecule is CC(C#N)(C(=O)O)C(c1ccccc1)c1ccccc1. The Labute approximate surface area is 118 Å². The number of rotatable bonds is 4. The first kappa shape index (κ1) is 13.8. The Bertz CT molecular complexity index is 592. The first-order valence-corrected chi connectivity index (χ1v) is 6.34. The van der Waals surface area contributed by atoms with Crippen LogP contribution in [0.2, 0.25) is 0 Å². The van der Waals surface area contributed by atoms with Crippen LogP contribution in [0.1, 0.15) is 24.0 Å². The summed E-state index contributed by atoms with van der Waals surface area (Å²) in [6, 6.07) is 20.6. The van der Waals surface area contributed by atoms with Crippen LogP contribution in [0.25, 0.3) is 0 Å². The molecule has 20 heavy (non-hydrogen) atoms. The van der Waals surface area contributed by atoms with Crippen molar-refractivity contribution in [2.75, 3.05) is 0 Å². The average Bonchev–Trinajstić information content (AvgIpc) is 2.49. The van der Waals surface area contributed by atoms with Crippen LogP contribution in [0, 0.1) is 16.7 Å². The lowest BCUT2D eigenvalue weighted by molar-refractivity contribution is -0.145. The minimum absolute atomic E-state index is 0.507. The molecular formula is C17H15NO2. The zero-order valence-electron chi connectivity index (χ0n) is 11.2. The molecular weight excluding hydrogens is 250 g/mol. The number of carboxylic acid groups (broad SMARTS) is 1. The average molecular weight is 265 g/mol. The topological polar surface area (TPSA) is 61.1 Å². The Morgan fingerprint density at radius 2 is 1.45 bits per heavy atom. The molecule has 0 heterocycles. The van der Waals surface area contributed by atoms with Gasteiger partial charge < -0.3 is 5.11 Å². The summed E-state index contributed by atoms with van der Waals surface area (Å²) in [6.45, 7) is 1.47. The molecule has 0 aliphatic heterocycles. The van der Waals surface area contributed by atoms with E-state index in [1.165, 1.54) is 6.92 Å². The quantitative estimate of drug-likeness (QED) is 0.921. The molecule has 0 aliphatic carbocycles. The summed E-state index contributed by atoms with van der Waals surface area (Å²) < 4.78 is 0. The molecule has 0 saturated heterocycles. The van der Waals surface area contributed by atoms with Gasteiger partial charge in [-0.05, 0) is 18.1 Å². The molecule has 1 unspecified atom stereocenters. The molecule has 0 aliphatic rings. The summed E-state index contributed by atoms with van der Waals surface area (Å²) in [7, 11) is 0. The molecule has 3 nitrogen and oxygen atoms in total. The van der Waals surface area contributed by atoms with Crippen molar-refractivity contribution in [3.8, 4) is 6.07 Å². The van der Waals surface area contributed by atoms with Gasteiger partial charge in [-0.15, -0.1) is 0 Å². The first-order chi connectivity index (χ1) is 9.59. The Morgan fingerprint density at radius 1 is 1.05 bits per heavy atom. The summed E-state index contributed by atoms with van der Waals surface area (Å²) in [5.41, 5.74) is 0.137. The van der Waals surface area contributed by atoms with Crippen molar-refractivity contribution in [3.05, 3.63) is 71.8 Å². The van der Waals surface area contributed by atoms with Crippen molar-refractivity contribution < 1.29 is 9.90 Å². The molecule has 0 radical (unpaired) electrons. The highest BCUT2D eigenvalue weighted by atomic mass is 16.4. The number of benzene rings is 2. The number of hydrogen-bond acceptors (Lipinski definition) is 2. The molecule has 0 bridgehead atoms. The lowest BCUT2D eigenvalue weighted by Crippen LogP contribution is -2.33. The van der Waals surface area contributed by atoms with Gasteiger partial charge >= 0.3 is 5.97 Å². The van der Waals surface area contributed by atoms with Crippen LogP contribution in [-0.4, -0.2) is 11.1 Å². The third kappa shape index (κ3) is 2.41. The number of nitriles is 1. The van der Waals surface area contributed by atoms with Crippen LogP contribution in [0.4, 0.5) is 0 Å². The third-order valence-electron chi connectivity index (χ3n) is 3.52. The molecule has 2 rings (SSSR count). The predicted octanol–water partition coefficient (Wildman–Crippen LogP) is 3.43. The van der Waals surface area contributed by atoms with E-state index in [0.29, 0.717) is 0 Å². The zero-order chi connectivity index (χ0) is 14.6. The predicted molar refractivity (Wildman–Crippen MR) is 76.1 cm³/mol. The molecule has 2 aromatic carbocycles. The van der Waals surface area contributed by atoms with Crippen LogP contribution in [-0.2, 0) is 4.79 Å². The number of hydrogen-bond donors (Lipinski definition) is 1. The maximum atomic E-state index is 11.6. The molecule has 100 valence electrons. The second-order valence-corrected chi connectivity index (χ2v) is 4.87. The van der Waals surface area contributed by atoms with Gasteiger partial charge in [0, 0.05) is 5.92 Å². The Morgan fingerprint density at radius 3 is 1.75 bits per heavy atom. The van der Waals surface area contributed by atoms with Gasteiger partial charge in [-0.3, -0.25) is 4.79 Å². The molecule has 1 N–H and O–H groups in total. The Balaban J connectivity index is 2.63. The van der Waals surface area contributed by atoms with Gasteiger partial charge in [-0.25, -0.2) is 0 Å². The van der Waals surface area contributed by atoms with E-state index in [9.17, 15) is 15.2 Å². The van der Waals surface area contributed by atoms with Crippen molar-refractivity contribution in [2.45, 2.75) is 12.8 Å². The minimum atomic E-state index is -1.51. The number of nitrogens with zero attached hydrogens (tertiary/aromatic N) is 1. The van der Waals surface area contributed by atoms with E-state index < -0.39 is 17.3 Å². The van der Waals surface area contributed by atoms with Gasteiger partial charge in [-0.2, -0.15) is 5.26 Å². The van der Waals surface area contributed by atoms with Crippen molar-refractivity contribution in [1.29, 1.82) is 5.26 Å². The van der Waals surface area contributed by atoms with Gasteiger partial charge in [0.15, 0.2) is 5.41 Å². The highest BCUT2D eigenvalue weighted by Crippen LogP contribution is 2.40. The summed E-state index contributed by atoms with van der Waals surface area (Å²) >= 11 is 0. The minimum Gasteiger partial charge on any atom is -0.480 e. The maximum absolute atomic E-state index is 11.6. The van der Waals surface area contributed by atoms with E-state index >= 15 is 0 Å². The van der Waals surface area contributed by atoms with E-state index in [2.05, 4.69) is 0 Å². The van der Waals surface area contributed by atoms with Crippen molar-refractivity contribution >= 4 is 5.97 Å². The number of aliphatic carboxylic acids is 1. The molecule has 0 amide bonds. The van der Waals surface area contributed by atoms with E-state index in [4.69, 9.17) is 0 Å². The second-order valence-electron chi connectivity index (χ2n) is 4.87. The van der Waals surface area contributed by atoms with Gasteiger partial charge in [0.05, 0.1) is 6.07 Å². The molecule has 3 heteroatoms. The highest BCUT2D eigenvalue weighted by molar-refractivity contribution is 5.80.